The predicted octanol–water partition coefficient (Wildman–Crippen LogP) is 2.12. The maximum atomic E-state index is 12.1. The summed E-state index contributed by atoms with van der Waals surface area (Å²) >= 11 is 0. The Morgan fingerprint density at radius 3 is 2.24 bits per heavy atom. The number of carbonyl (C=O) groups excluding carboxylic acids is 2. The number of imide groups is 1. The molecule has 2 aromatic carbocycles. The molecule has 0 aliphatic carbocycles. The first-order chi connectivity index (χ1) is 16.5. The van der Waals surface area contributed by atoms with E-state index in [-0.39, 0.29) is 28.3 Å². The number of benzene rings is 2. The van der Waals surface area contributed by atoms with Crippen LogP contribution in [0.3, 0.4) is 0 Å². The summed E-state index contributed by atoms with van der Waals surface area (Å²) in [4.78, 5) is 41.2. The molecule has 2 aromatic rings. The molecule has 1 N–H and O–H groups in total. The molecule has 178 valence electrons. The van der Waals surface area contributed by atoms with Gasteiger partial charge in [-0.2, -0.15) is 0 Å². The molecule has 2 amide bonds. The molecule has 1 unspecified atom stereocenters. The van der Waals surface area contributed by atoms with Crippen LogP contribution in [-0.4, -0.2) is 71.8 Å². The summed E-state index contributed by atoms with van der Waals surface area (Å²) in [6, 6.07) is 15.6. The zero-order valence-corrected chi connectivity index (χ0v) is 19.1. The quantitative estimate of drug-likeness (QED) is 0.398. The highest BCUT2D eigenvalue weighted by molar-refractivity contribution is 6.00. The molecule has 3 saturated heterocycles. The Bertz CT molecular complexity index is 1060. The van der Waals surface area contributed by atoms with Crippen LogP contribution in [0.2, 0.25) is 0 Å². The molecular weight excluding hydrogens is 434 g/mol. The van der Waals surface area contributed by atoms with Crippen molar-refractivity contribution in [1.82, 2.24) is 15.1 Å². The van der Waals surface area contributed by atoms with Crippen LogP contribution >= 0.6 is 0 Å². The Kier molecular flexibility index (Phi) is 6.30. The van der Waals surface area contributed by atoms with Gasteiger partial charge in [-0.05, 0) is 29.7 Å². The minimum absolute atomic E-state index is 0.133. The van der Waals surface area contributed by atoms with E-state index in [1.54, 1.807) is 12.1 Å². The van der Waals surface area contributed by atoms with Crippen molar-refractivity contribution in [2.75, 3.05) is 44.2 Å². The molecule has 9 heteroatoms. The minimum Gasteiger partial charge on any atom is -0.368 e. The molecule has 3 aliphatic rings. The minimum atomic E-state index is -0.364. The van der Waals surface area contributed by atoms with Crippen LogP contribution in [0.4, 0.5) is 11.4 Å². The van der Waals surface area contributed by atoms with Gasteiger partial charge in [0.05, 0.1) is 10.8 Å². The summed E-state index contributed by atoms with van der Waals surface area (Å²) in [6.07, 6.45) is 0.971. The highest BCUT2D eigenvalue weighted by Gasteiger charge is 2.34. The van der Waals surface area contributed by atoms with Crippen molar-refractivity contribution in [2.24, 2.45) is 0 Å². The fourth-order valence-electron chi connectivity index (χ4n) is 5.09. The zero-order valence-electron chi connectivity index (χ0n) is 19.1. The highest BCUT2D eigenvalue weighted by Crippen LogP contribution is 2.29. The monoisotopic (exact) mass is 463 g/mol. The SMILES string of the molecule is O=C1CCC(c2ccc(N3CC(N4CCN(Cc5ccc([N+](=O)[O-])cc5)CC4)C3)cc2)C(=O)N1. The van der Waals surface area contributed by atoms with Gasteiger partial charge in [-0.1, -0.05) is 24.3 Å². The normalized spacial score (nSPS) is 22.4. The Hall–Kier alpha value is -3.30. The lowest BCUT2D eigenvalue weighted by Crippen LogP contribution is -2.63. The Morgan fingerprint density at radius 1 is 0.941 bits per heavy atom. The van der Waals surface area contributed by atoms with Crippen LogP contribution in [-0.2, 0) is 16.1 Å². The smallest absolute Gasteiger partial charge is 0.269 e. The van der Waals surface area contributed by atoms with Gasteiger partial charge in [0.15, 0.2) is 0 Å². The standard InChI is InChI=1S/C25H29N5O4/c31-24-10-9-23(25(32)26-24)19-3-7-20(8-4-19)29-16-22(17-29)28-13-11-27(12-14-28)15-18-1-5-21(6-2-18)30(33)34/h1-8,22-23H,9-17H2,(H,26,31,32). The molecule has 9 nitrogen and oxygen atoms in total. The lowest BCUT2D eigenvalue weighted by Gasteiger charge is -2.49. The molecular formula is C25H29N5O4. The maximum absolute atomic E-state index is 12.1. The van der Waals surface area contributed by atoms with Gasteiger partial charge in [0.2, 0.25) is 11.8 Å². The lowest BCUT2D eigenvalue weighted by atomic mass is 9.90. The topological polar surface area (TPSA) is 99.0 Å². The van der Waals surface area contributed by atoms with E-state index in [0.717, 1.165) is 56.9 Å². The molecule has 0 bridgehead atoms. The van der Waals surface area contributed by atoms with Crippen molar-refractivity contribution in [3.05, 3.63) is 69.8 Å². The van der Waals surface area contributed by atoms with Gasteiger partial charge in [0.25, 0.3) is 5.69 Å². The summed E-state index contributed by atoms with van der Waals surface area (Å²) in [5.41, 5.74) is 3.38. The van der Waals surface area contributed by atoms with Gasteiger partial charge in [-0.15, -0.1) is 0 Å². The molecule has 0 spiro atoms. The maximum Gasteiger partial charge on any atom is 0.269 e. The molecule has 1 atom stereocenters. The van der Waals surface area contributed by atoms with E-state index in [0.29, 0.717) is 18.9 Å². The van der Waals surface area contributed by atoms with Gasteiger partial charge in [-0.25, -0.2) is 0 Å². The van der Waals surface area contributed by atoms with Gasteiger partial charge in [0.1, 0.15) is 0 Å². The Morgan fingerprint density at radius 2 is 1.62 bits per heavy atom. The number of nitro benzene ring substituents is 1. The van der Waals surface area contributed by atoms with E-state index < -0.39 is 0 Å². The van der Waals surface area contributed by atoms with Gasteiger partial charge in [-0.3, -0.25) is 34.8 Å². The van der Waals surface area contributed by atoms with E-state index in [2.05, 4.69) is 32.1 Å². The summed E-state index contributed by atoms with van der Waals surface area (Å²) in [5, 5.41) is 13.2. The van der Waals surface area contributed by atoms with Crippen molar-refractivity contribution in [3.8, 4) is 0 Å². The second-order valence-corrected chi connectivity index (χ2v) is 9.39. The molecule has 0 radical (unpaired) electrons. The number of nitro groups is 1. The number of rotatable bonds is 6. The van der Waals surface area contributed by atoms with Crippen LogP contribution in [0.1, 0.15) is 29.9 Å². The lowest BCUT2D eigenvalue weighted by molar-refractivity contribution is -0.384. The molecule has 34 heavy (non-hydrogen) atoms. The third-order valence-corrected chi connectivity index (χ3v) is 7.24. The van der Waals surface area contributed by atoms with E-state index in [9.17, 15) is 19.7 Å². The van der Waals surface area contributed by atoms with Crippen LogP contribution in [0, 0.1) is 10.1 Å². The van der Waals surface area contributed by atoms with Crippen LogP contribution in [0.5, 0.6) is 0 Å². The number of non-ortho nitro benzene ring substituents is 1. The van der Waals surface area contributed by atoms with E-state index in [1.807, 2.05) is 24.3 Å². The number of carbonyl (C=O) groups is 2. The van der Waals surface area contributed by atoms with E-state index in [4.69, 9.17) is 0 Å². The third-order valence-electron chi connectivity index (χ3n) is 7.24. The summed E-state index contributed by atoms with van der Waals surface area (Å²) in [5.74, 6) is -0.615. The molecule has 3 heterocycles. The van der Waals surface area contributed by atoms with Crippen molar-refractivity contribution < 1.29 is 14.5 Å². The van der Waals surface area contributed by atoms with Crippen molar-refractivity contribution in [2.45, 2.75) is 31.3 Å². The highest BCUT2D eigenvalue weighted by atomic mass is 16.6. The first kappa shape index (κ1) is 22.5. The van der Waals surface area contributed by atoms with Crippen LogP contribution < -0.4 is 10.2 Å². The fraction of sp³-hybridized carbons (Fsp3) is 0.440. The zero-order chi connectivity index (χ0) is 23.7. The summed E-state index contributed by atoms with van der Waals surface area (Å²) in [7, 11) is 0. The Balaban J connectivity index is 1.07. The van der Waals surface area contributed by atoms with Crippen LogP contribution in [0.15, 0.2) is 48.5 Å². The first-order valence-electron chi connectivity index (χ1n) is 11.8. The second-order valence-electron chi connectivity index (χ2n) is 9.39. The average Bonchev–Trinajstić information content (AvgIpc) is 2.80. The number of anilines is 1. The van der Waals surface area contributed by atoms with Crippen LogP contribution in [0.25, 0.3) is 0 Å². The number of piperidine rings is 1. The molecule has 5 rings (SSSR count). The summed E-state index contributed by atoms with van der Waals surface area (Å²) in [6.45, 7) is 6.87. The average molecular weight is 464 g/mol. The number of piperazine rings is 1. The Labute approximate surface area is 198 Å². The van der Waals surface area contributed by atoms with Crippen molar-refractivity contribution in [1.29, 1.82) is 0 Å². The van der Waals surface area contributed by atoms with E-state index in [1.165, 1.54) is 5.69 Å². The van der Waals surface area contributed by atoms with E-state index >= 15 is 0 Å². The third kappa shape index (κ3) is 4.80. The van der Waals surface area contributed by atoms with Gasteiger partial charge < -0.3 is 4.90 Å². The second kappa shape index (κ2) is 9.52. The first-order valence-corrected chi connectivity index (χ1v) is 11.8. The fourth-order valence-corrected chi connectivity index (χ4v) is 5.09. The number of nitrogens with zero attached hydrogens (tertiary/aromatic N) is 4. The molecule has 3 aliphatic heterocycles. The predicted molar refractivity (Wildman–Crippen MR) is 128 cm³/mol. The van der Waals surface area contributed by atoms with Gasteiger partial charge >= 0.3 is 0 Å². The number of hydrogen-bond donors (Lipinski definition) is 1. The van der Waals surface area contributed by atoms with Crippen molar-refractivity contribution >= 4 is 23.2 Å². The molecule has 0 aromatic heterocycles. The van der Waals surface area contributed by atoms with Crippen molar-refractivity contribution in [3.63, 3.8) is 0 Å². The van der Waals surface area contributed by atoms with Gasteiger partial charge in [0, 0.05) is 76.1 Å². The number of hydrogen-bond acceptors (Lipinski definition) is 7. The largest absolute Gasteiger partial charge is 0.368 e. The molecule has 0 saturated carbocycles. The molecule has 3 fully saturated rings. The number of amides is 2. The summed E-state index contributed by atoms with van der Waals surface area (Å²) < 4.78 is 0. The number of nitrogens with one attached hydrogen (secondary N) is 1.